The molecule has 0 aliphatic rings. The molecule has 1 N–H and O–H groups in total. The zero-order valence-corrected chi connectivity index (χ0v) is 15.1. The molecule has 0 radical (unpaired) electrons. The summed E-state index contributed by atoms with van der Waals surface area (Å²) in [6.45, 7) is 4.81. The third kappa shape index (κ3) is 4.45. The van der Waals surface area contributed by atoms with Crippen LogP contribution in [0, 0.1) is 13.8 Å². The molecule has 5 heteroatoms. The zero-order valence-electron chi connectivity index (χ0n) is 14.3. The Bertz CT molecular complexity index is 842. The molecule has 1 aromatic heterocycles. The van der Waals surface area contributed by atoms with Crippen LogP contribution in [0.1, 0.15) is 20.2 Å². The van der Waals surface area contributed by atoms with E-state index in [2.05, 4.69) is 10.3 Å². The van der Waals surface area contributed by atoms with Crippen LogP contribution < -0.4 is 10.1 Å². The number of aromatic nitrogens is 1. The highest BCUT2D eigenvalue weighted by molar-refractivity contribution is 7.14. The Kier molecular flexibility index (Phi) is 5.46. The molecule has 0 unspecified atom stereocenters. The third-order valence-corrected chi connectivity index (χ3v) is 4.63. The molecule has 4 nitrogen and oxygen atoms in total. The lowest BCUT2D eigenvalue weighted by Crippen LogP contribution is -2.27. The minimum absolute atomic E-state index is 0.114. The fourth-order valence-electron chi connectivity index (χ4n) is 2.42. The van der Waals surface area contributed by atoms with Gasteiger partial charge in [0.05, 0.1) is 17.2 Å². The van der Waals surface area contributed by atoms with Gasteiger partial charge in [0.1, 0.15) is 17.2 Å². The van der Waals surface area contributed by atoms with Crippen molar-refractivity contribution in [3.63, 3.8) is 0 Å². The SMILES string of the molecule is Cc1ccc(OCCNC(=O)c2sc(C)nc2-c2ccccc2)cc1. The first kappa shape index (κ1) is 17.2. The van der Waals surface area contributed by atoms with E-state index in [1.54, 1.807) is 0 Å². The second-order valence-corrected chi connectivity index (χ2v) is 6.90. The van der Waals surface area contributed by atoms with Gasteiger partial charge in [-0.15, -0.1) is 11.3 Å². The molecular formula is C20H20N2O2S. The van der Waals surface area contributed by atoms with Gasteiger partial charge >= 0.3 is 0 Å². The van der Waals surface area contributed by atoms with Gasteiger partial charge in [-0.3, -0.25) is 4.79 Å². The van der Waals surface area contributed by atoms with Crippen LogP contribution >= 0.6 is 11.3 Å². The van der Waals surface area contributed by atoms with Crippen molar-refractivity contribution in [1.82, 2.24) is 10.3 Å². The molecule has 0 saturated heterocycles. The van der Waals surface area contributed by atoms with E-state index < -0.39 is 0 Å². The second-order valence-electron chi connectivity index (χ2n) is 5.69. The maximum absolute atomic E-state index is 12.5. The van der Waals surface area contributed by atoms with Crippen LogP contribution in [0.5, 0.6) is 5.75 Å². The highest BCUT2D eigenvalue weighted by Gasteiger charge is 2.17. The lowest BCUT2D eigenvalue weighted by Gasteiger charge is -2.08. The van der Waals surface area contributed by atoms with Crippen molar-refractivity contribution >= 4 is 17.2 Å². The zero-order chi connectivity index (χ0) is 17.6. The first-order chi connectivity index (χ1) is 12.1. The van der Waals surface area contributed by atoms with Crippen LogP contribution in [0.4, 0.5) is 0 Å². The summed E-state index contributed by atoms with van der Waals surface area (Å²) in [6, 6.07) is 17.6. The minimum Gasteiger partial charge on any atom is -0.492 e. The molecule has 3 aromatic rings. The number of nitrogens with zero attached hydrogens (tertiary/aromatic N) is 1. The van der Waals surface area contributed by atoms with Crippen molar-refractivity contribution in [2.24, 2.45) is 0 Å². The molecule has 0 spiro atoms. The number of thiazole rings is 1. The maximum atomic E-state index is 12.5. The van der Waals surface area contributed by atoms with Gasteiger partial charge in [-0.2, -0.15) is 0 Å². The van der Waals surface area contributed by atoms with Gasteiger partial charge in [-0.25, -0.2) is 4.98 Å². The van der Waals surface area contributed by atoms with Gasteiger partial charge in [0, 0.05) is 5.56 Å². The number of carbonyl (C=O) groups excluding carboxylic acids is 1. The molecule has 0 fully saturated rings. The molecule has 25 heavy (non-hydrogen) atoms. The Morgan fingerprint density at radius 2 is 1.80 bits per heavy atom. The maximum Gasteiger partial charge on any atom is 0.263 e. The van der Waals surface area contributed by atoms with Gasteiger partial charge in [-0.1, -0.05) is 48.0 Å². The number of carbonyl (C=O) groups is 1. The number of aryl methyl sites for hydroxylation is 2. The fraction of sp³-hybridized carbons (Fsp3) is 0.200. The Morgan fingerprint density at radius 1 is 1.08 bits per heavy atom. The summed E-state index contributed by atoms with van der Waals surface area (Å²) in [5.74, 6) is 0.690. The van der Waals surface area contributed by atoms with Crippen molar-refractivity contribution in [2.75, 3.05) is 13.2 Å². The molecule has 1 heterocycles. The Morgan fingerprint density at radius 3 is 2.52 bits per heavy atom. The summed E-state index contributed by atoms with van der Waals surface area (Å²) in [5, 5.41) is 3.79. The molecule has 0 saturated carbocycles. The first-order valence-electron chi connectivity index (χ1n) is 8.14. The number of amides is 1. The normalized spacial score (nSPS) is 10.5. The van der Waals surface area contributed by atoms with E-state index in [1.807, 2.05) is 68.4 Å². The predicted molar refractivity (Wildman–Crippen MR) is 101 cm³/mol. The van der Waals surface area contributed by atoms with E-state index in [-0.39, 0.29) is 5.91 Å². The summed E-state index contributed by atoms with van der Waals surface area (Å²) in [4.78, 5) is 17.7. The summed E-state index contributed by atoms with van der Waals surface area (Å²) < 4.78 is 5.64. The van der Waals surface area contributed by atoms with Gasteiger partial charge in [0.2, 0.25) is 0 Å². The molecular weight excluding hydrogens is 332 g/mol. The average molecular weight is 352 g/mol. The summed E-state index contributed by atoms with van der Waals surface area (Å²) in [7, 11) is 0. The third-order valence-electron chi connectivity index (χ3n) is 3.66. The predicted octanol–water partition coefficient (Wildman–Crippen LogP) is 4.24. The lowest BCUT2D eigenvalue weighted by atomic mass is 10.1. The Hall–Kier alpha value is -2.66. The monoisotopic (exact) mass is 352 g/mol. The van der Waals surface area contributed by atoms with Crippen LogP contribution in [-0.4, -0.2) is 24.0 Å². The van der Waals surface area contributed by atoms with Gasteiger partial charge in [0.15, 0.2) is 0 Å². The average Bonchev–Trinajstić information content (AvgIpc) is 3.03. The summed E-state index contributed by atoms with van der Waals surface area (Å²) >= 11 is 1.41. The molecule has 0 bridgehead atoms. The lowest BCUT2D eigenvalue weighted by molar-refractivity contribution is 0.0951. The summed E-state index contributed by atoms with van der Waals surface area (Å²) in [6.07, 6.45) is 0. The molecule has 128 valence electrons. The van der Waals surface area contributed by atoms with E-state index >= 15 is 0 Å². The Balaban J connectivity index is 1.59. The topological polar surface area (TPSA) is 51.2 Å². The van der Waals surface area contributed by atoms with E-state index in [4.69, 9.17) is 4.74 Å². The highest BCUT2D eigenvalue weighted by atomic mass is 32.1. The molecule has 2 aromatic carbocycles. The van der Waals surface area contributed by atoms with E-state index in [9.17, 15) is 4.79 Å². The molecule has 0 aliphatic carbocycles. The van der Waals surface area contributed by atoms with Crippen molar-refractivity contribution in [3.05, 3.63) is 70.0 Å². The van der Waals surface area contributed by atoms with Crippen LogP contribution in [0.2, 0.25) is 0 Å². The largest absolute Gasteiger partial charge is 0.492 e. The van der Waals surface area contributed by atoms with Gasteiger partial charge < -0.3 is 10.1 Å². The van der Waals surface area contributed by atoms with Crippen molar-refractivity contribution in [1.29, 1.82) is 0 Å². The molecule has 0 aliphatic heterocycles. The summed E-state index contributed by atoms with van der Waals surface area (Å²) in [5.41, 5.74) is 2.88. The Labute approximate surface area is 151 Å². The van der Waals surface area contributed by atoms with Crippen molar-refractivity contribution in [2.45, 2.75) is 13.8 Å². The van der Waals surface area contributed by atoms with Crippen LogP contribution in [-0.2, 0) is 0 Å². The number of rotatable bonds is 6. The standard InChI is InChI=1S/C20H20N2O2S/c1-14-8-10-17(11-9-14)24-13-12-21-20(23)19-18(22-15(2)25-19)16-6-4-3-5-7-16/h3-11H,12-13H2,1-2H3,(H,21,23). The van der Waals surface area contributed by atoms with E-state index in [1.165, 1.54) is 16.9 Å². The fourth-order valence-corrected chi connectivity index (χ4v) is 3.28. The van der Waals surface area contributed by atoms with E-state index in [0.717, 1.165) is 22.0 Å². The van der Waals surface area contributed by atoms with Crippen molar-refractivity contribution in [3.8, 4) is 17.0 Å². The number of ether oxygens (including phenoxy) is 1. The number of hydrogen-bond acceptors (Lipinski definition) is 4. The molecule has 3 rings (SSSR count). The van der Waals surface area contributed by atoms with Crippen LogP contribution in [0.3, 0.4) is 0 Å². The van der Waals surface area contributed by atoms with Gasteiger partial charge in [-0.05, 0) is 26.0 Å². The number of hydrogen-bond donors (Lipinski definition) is 1. The smallest absolute Gasteiger partial charge is 0.263 e. The van der Waals surface area contributed by atoms with Crippen LogP contribution in [0.15, 0.2) is 54.6 Å². The highest BCUT2D eigenvalue weighted by Crippen LogP contribution is 2.27. The number of nitrogens with one attached hydrogen (secondary N) is 1. The van der Waals surface area contributed by atoms with Crippen molar-refractivity contribution < 1.29 is 9.53 Å². The quantitative estimate of drug-likeness (QED) is 0.675. The van der Waals surface area contributed by atoms with Gasteiger partial charge in [0.25, 0.3) is 5.91 Å². The second kappa shape index (κ2) is 7.94. The number of benzene rings is 2. The molecule has 0 atom stereocenters. The van der Waals surface area contributed by atoms with Crippen LogP contribution in [0.25, 0.3) is 11.3 Å². The minimum atomic E-state index is -0.114. The van der Waals surface area contributed by atoms with E-state index in [0.29, 0.717) is 18.0 Å². The first-order valence-corrected chi connectivity index (χ1v) is 8.95. The molecule has 1 amide bonds.